The molecule has 3 heteroatoms. The Labute approximate surface area is 136 Å². The molecule has 0 aliphatic rings. The van der Waals surface area contributed by atoms with Gasteiger partial charge in [0, 0.05) is 11.6 Å². The summed E-state index contributed by atoms with van der Waals surface area (Å²) in [6.45, 7) is 2.68. The topological polar surface area (TPSA) is 35.5 Å². The molecule has 0 amide bonds. The van der Waals surface area contributed by atoms with Crippen LogP contribution >= 0.6 is 0 Å². The molecule has 0 heterocycles. The minimum Gasteiger partial charge on any atom is -0.488 e. The van der Waals surface area contributed by atoms with Gasteiger partial charge in [0.15, 0.2) is 0 Å². The maximum Gasteiger partial charge on any atom is 0.330 e. The van der Waals surface area contributed by atoms with Crippen molar-refractivity contribution in [3.05, 3.63) is 84.0 Å². The first-order valence-electron chi connectivity index (χ1n) is 7.57. The summed E-state index contributed by atoms with van der Waals surface area (Å²) in [7, 11) is 0. The van der Waals surface area contributed by atoms with Crippen LogP contribution in [0, 0.1) is 0 Å². The van der Waals surface area contributed by atoms with Gasteiger partial charge in [-0.25, -0.2) is 4.79 Å². The number of benzene rings is 2. The highest BCUT2D eigenvalue weighted by Crippen LogP contribution is 2.20. The van der Waals surface area contributed by atoms with Crippen molar-refractivity contribution in [1.29, 1.82) is 0 Å². The van der Waals surface area contributed by atoms with Gasteiger partial charge >= 0.3 is 5.97 Å². The fraction of sp³-hybridized carbons (Fsp3) is 0.150. The van der Waals surface area contributed by atoms with Crippen LogP contribution in [0.25, 0.3) is 6.08 Å². The molecule has 2 rings (SSSR count). The largest absolute Gasteiger partial charge is 0.488 e. The van der Waals surface area contributed by atoms with Crippen molar-refractivity contribution in [2.24, 2.45) is 0 Å². The van der Waals surface area contributed by atoms with E-state index in [4.69, 9.17) is 9.47 Å². The van der Waals surface area contributed by atoms with Crippen LogP contribution < -0.4 is 4.74 Å². The van der Waals surface area contributed by atoms with E-state index in [0.717, 1.165) is 16.9 Å². The van der Waals surface area contributed by atoms with Crippen LogP contribution in [0.1, 0.15) is 18.1 Å². The average molecular weight is 308 g/mol. The number of allylic oxidation sites excluding steroid dienone is 2. The average Bonchev–Trinajstić information content (AvgIpc) is 2.59. The maximum atomic E-state index is 11.2. The summed E-state index contributed by atoms with van der Waals surface area (Å²) in [5.41, 5.74) is 2.07. The predicted octanol–water partition coefficient (Wildman–Crippen LogP) is 4.40. The molecule has 0 atom stereocenters. The summed E-state index contributed by atoms with van der Waals surface area (Å²) in [6.07, 6.45) is 6.75. The Morgan fingerprint density at radius 2 is 1.74 bits per heavy atom. The lowest BCUT2D eigenvalue weighted by atomic mass is 10.2. The fourth-order valence-electron chi connectivity index (χ4n) is 1.97. The van der Waals surface area contributed by atoms with Crippen molar-refractivity contribution in [1.82, 2.24) is 0 Å². The first kappa shape index (κ1) is 16.6. The van der Waals surface area contributed by atoms with Crippen LogP contribution in [0.15, 0.2) is 72.8 Å². The summed E-state index contributed by atoms with van der Waals surface area (Å²) >= 11 is 0. The molecule has 3 nitrogen and oxygen atoms in total. The number of hydrogen-bond acceptors (Lipinski definition) is 3. The van der Waals surface area contributed by atoms with Gasteiger partial charge in [0.05, 0.1) is 6.61 Å². The number of esters is 1. The minimum atomic E-state index is -0.342. The predicted molar refractivity (Wildman–Crippen MR) is 92.0 cm³/mol. The van der Waals surface area contributed by atoms with E-state index in [1.165, 1.54) is 6.08 Å². The SMILES string of the molecule is CCOC(=O)/C=C/C=C/c1ccccc1OCc1ccccc1. The fourth-order valence-corrected chi connectivity index (χ4v) is 1.97. The maximum absolute atomic E-state index is 11.2. The zero-order valence-corrected chi connectivity index (χ0v) is 13.1. The van der Waals surface area contributed by atoms with Crippen LogP contribution in [-0.4, -0.2) is 12.6 Å². The van der Waals surface area contributed by atoms with Crippen molar-refractivity contribution >= 4 is 12.0 Å². The molecule has 0 N–H and O–H groups in total. The zero-order chi connectivity index (χ0) is 16.3. The van der Waals surface area contributed by atoms with E-state index in [2.05, 4.69) is 0 Å². The van der Waals surface area contributed by atoms with Crippen LogP contribution in [0.5, 0.6) is 5.75 Å². The highest BCUT2D eigenvalue weighted by atomic mass is 16.5. The van der Waals surface area contributed by atoms with E-state index in [1.807, 2.05) is 60.7 Å². The Kier molecular flexibility index (Phi) is 6.66. The third-order valence-corrected chi connectivity index (χ3v) is 3.06. The number of ether oxygens (including phenoxy) is 2. The molecule has 0 radical (unpaired) electrons. The molecule has 0 aromatic heterocycles. The van der Waals surface area contributed by atoms with Gasteiger partial charge in [-0.15, -0.1) is 0 Å². The van der Waals surface area contributed by atoms with Crippen molar-refractivity contribution in [3.8, 4) is 5.75 Å². The van der Waals surface area contributed by atoms with Gasteiger partial charge in [0.2, 0.25) is 0 Å². The second-order valence-corrected chi connectivity index (χ2v) is 4.78. The highest BCUT2D eigenvalue weighted by molar-refractivity contribution is 5.82. The van der Waals surface area contributed by atoms with Crippen molar-refractivity contribution in [2.45, 2.75) is 13.5 Å². The number of carbonyl (C=O) groups is 1. The molecule has 0 spiro atoms. The molecule has 2 aromatic carbocycles. The van der Waals surface area contributed by atoms with Gasteiger partial charge in [0.1, 0.15) is 12.4 Å². The van der Waals surface area contributed by atoms with Gasteiger partial charge in [-0.2, -0.15) is 0 Å². The van der Waals surface area contributed by atoms with E-state index in [1.54, 1.807) is 19.1 Å². The van der Waals surface area contributed by atoms with Crippen LogP contribution in [0.2, 0.25) is 0 Å². The second kappa shape index (κ2) is 9.26. The molecule has 0 saturated heterocycles. The number of carbonyl (C=O) groups excluding carboxylic acids is 1. The lowest BCUT2D eigenvalue weighted by molar-refractivity contribution is -0.137. The Hall–Kier alpha value is -2.81. The molecule has 0 unspecified atom stereocenters. The summed E-state index contributed by atoms with van der Waals surface area (Å²) < 4.78 is 10.7. The molecular formula is C20H20O3. The van der Waals surface area contributed by atoms with Gasteiger partial charge in [-0.3, -0.25) is 0 Å². The van der Waals surface area contributed by atoms with E-state index in [9.17, 15) is 4.79 Å². The summed E-state index contributed by atoms with van der Waals surface area (Å²) in [6, 6.07) is 17.8. The monoisotopic (exact) mass is 308 g/mol. The summed E-state index contributed by atoms with van der Waals surface area (Å²) in [5, 5.41) is 0. The van der Waals surface area contributed by atoms with Gasteiger partial charge in [0.25, 0.3) is 0 Å². The first-order valence-corrected chi connectivity index (χ1v) is 7.57. The van der Waals surface area contributed by atoms with Crippen molar-refractivity contribution in [2.75, 3.05) is 6.61 Å². The number of hydrogen-bond donors (Lipinski definition) is 0. The molecule has 0 aliphatic carbocycles. The molecule has 2 aromatic rings. The first-order chi connectivity index (χ1) is 11.3. The number of para-hydroxylation sites is 1. The van der Waals surface area contributed by atoms with E-state index in [0.29, 0.717) is 13.2 Å². The Morgan fingerprint density at radius 3 is 2.52 bits per heavy atom. The highest BCUT2D eigenvalue weighted by Gasteiger charge is 2.00. The van der Waals surface area contributed by atoms with Crippen LogP contribution in [-0.2, 0) is 16.1 Å². The van der Waals surface area contributed by atoms with E-state index >= 15 is 0 Å². The normalized spacial score (nSPS) is 11.0. The smallest absolute Gasteiger partial charge is 0.330 e. The molecular weight excluding hydrogens is 288 g/mol. The molecule has 118 valence electrons. The van der Waals surface area contributed by atoms with Gasteiger partial charge in [-0.1, -0.05) is 66.8 Å². The third kappa shape index (κ3) is 5.83. The van der Waals surface area contributed by atoms with Crippen molar-refractivity contribution in [3.63, 3.8) is 0 Å². The van der Waals surface area contributed by atoms with E-state index in [-0.39, 0.29) is 5.97 Å². The third-order valence-electron chi connectivity index (χ3n) is 3.06. The zero-order valence-electron chi connectivity index (χ0n) is 13.1. The van der Waals surface area contributed by atoms with Crippen LogP contribution in [0.4, 0.5) is 0 Å². The summed E-state index contributed by atoms with van der Waals surface area (Å²) in [5.74, 6) is 0.461. The molecule has 23 heavy (non-hydrogen) atoms. The van der Waals surface area contributed by atoms with Gasteiger partial charge < -0.3 is 9.47 Å². The lowest BCUT2D eigenvalue weighted by Gasteiger charge is -2.09. The number of rotatable bonds is 7. The lowest BCUT2D eigenvalue weighted by Crippen LogP contribution is -1.98. The molecule has 0 bridgehead atoms. The van der Waals surface area contributed by atoms with Crippen LogP contribution in [0.3, 0.4) is 0 Å². The standard InChI is InChI=1S/C20H20O3/c1-2-22-20(21)15-9-7-13-18-12-6-8-14-19(18)23-16-17-10-4-3-5-11-17/h3-15H,2,16H2,1H3/b13-7+,15-9+. The minimum absolute atomic E-state index is 0.342. The Balaban J connectivity index is 1.98. The van der Waals surface area contributed by atoms with Crippen molar-refractivity contribution < 1.29 is 14.3 Å². The van der Waals surface area contributed by atoms with Gasteiger partial charge in [-0.05, 0) is 18.6 Å². The Bertz CT molecular complexity index is 672. The Morgan fingerprint density at radius 1 is 1.00 bits per heavy atom. The second-order valence-electron chi connectivity index (χ2n) is 4.78. The summed E-state index contributed by atoms with van der Waals surface area (Å²) in [4.78, 5) is 11.2. The molecule has 0 fully saturated rings. The van der Waals surface area contributed by atoms with E-state index < -0.39 is 0 Å². The molecule has 0 saturated carbocycles. The molecule has 0 aliphatic heterocycles. The quantitative estimate of drug-likeness (QED) is 0.432.